The van der Waals surface area contributed by atoms with Crippen LogP contribution in [0.2, 0.25) is 0 Å². The van der Waals surface area contributed by atoms with E-state index in [1.165, 1.54) is 16.8 Å². The van der Waals surface area contributed by atoms with Crippen molar-refractivity contribution in [2.75, 3.05) is 6.61 Å². The molecule has 3 aromatic rings. The Kier molecular flexibility index (Phi) is 3.61. The van der Waals surface area contributed by atoms with E-state index < -0.39 is 49.1 Å². The average Bonchev–Trinajstić information content (AvgIpc) is 3.29. The van der Waals surface area contributed by atoms with Crippen LogP contribution >= 0.6 is 0 Å². The molecule has 152 valence electrons. The molecule has 2 N–H and O–H groups in total. The predicted molar refractivity (Wildman–Crippen MR) is 96.9 cm³/mol. The fourth-order valence-electron chi connectivity index (χ4n) is 4.08. The number of halogens is 2. The Labute approximate surface area is 168 Å². The van der Waals surface area contributed by atoms with Crippen LogP contribution < -0.4 is 0 Å². The zero-order chi connectivity index (χ0) is 22.8. The number of hydrogen-bond acceptors (Lipinski definition) is 6. The smallest absolute Gasteiger partial charge is 0.164 e. The van der Waals surface area contributed by atoms with Gasteiger partial charge in [0.05, 0.1) is 12.3 Å². The summed E-state index contributed by atoms with van der Waals surface area (Å²) in [5, 5.41) is 21.7. The Morgan fingerprint density at radius 2 is 2.03 bits per heavy atom. The van der Waals surface area contributed by atoms with Gasteiger partial charge in [0, 0.05) is 15.7 Å². The number of nitrogens with zero attached hydrogens (tertiary/aromatic N) is 3. The van der Waals surface area contributed by atoms with E-state index in [9.17, 15) is 19.0 Å². The SMILES string of the molecule is [2H]C([2H])([2H])c1ncnc2c1ccn2C1O[C@H]([C@@H]2OCCc3cc(F)c(F)cc32)[C@@H](O)[C@H]1O. The number of ether oxygens (including phenoxy) is 2. The fourth-order valence-corrected chi connectivity index (χ4v) is 4.08. The summed E-state index contributed by atoms with van der Waals surface area (Å²) in [7, 11) is 0. The van der Waals surface area contributed by atoms with E-state index in [1.54, 1.807) is 0 Å². The van der Waals surface area contributed by atoms with Crippen molar-refractivity contribution in [3.63, 3.8) is 0 Å². The number of aryl methyl sites for hydroxylation is 1. The molecule has 1 fully saturated rings. The zero-order valence-corrected chi connectivity index (χ0v) is 15.0. The minimum absolute atomic E-state index is 0.145. The van der Waals surface area contributed by atoms with Gasteiger partial charge >= 0.3 is 0 Å². The highest BCUT2D eigenvalue weighted by Gasteiger charge is 2.49. The van der Waals surface area contributed by atoms with Gasteiger partial charge in [0.15, 0.2) is 17.9 Å². The summed E-state index contributed by atoms with van der Waals surface area (Å²) < 4.78 is 63.6. The highest BCUT2D eigenvalue weighted by Crippen LogP contribution is 2.41. The normalized spacial score (nSPS) is 31.3. The Morgan fingerprint density at radius 3 is 2.86 bits per heavy atom. The molecule has 5 atom stereocenters. The standard InChI is InChI=1S/C20H19F2N3O4/c1-9-11-2-4-25(19(11)24-8-23-9)20-16(27)15(26)18(29-20)17-12-7-14(22)13(21)6-10(12)3-5-28-17/h2,4,6-8,15-18,20,26-27H,3,5H2,1H3/t15-,16+,17+,18-,20?/m0/s1/i1D3. The summed E-state index contributed by atoms with van der Waals surface area (Å²) in [5.41, 5.74) is 0.945. The first-order valence-corrected chi connectivity index (χ1v) is 9.10. The van der Waals surface area contributed by atoms with Gasteiger partial charge in [0.2, 0.25) is 0 Å². The molecule has 2 aromatic heterocycles. The number of aliphatic hydroxyl groups is 2. The third kappa shape index (κ3) is 2.84. The second-order valence-electron chi connectivity index (χ2n) is 7.16. The average molecular weight is 406 g/mol. The second kappa shape index (κ2) is 6.81. The van der Waals surface area contributed by atoms with Crippen LogP contribution in [0.25, 0.3) is 11.0 Å². The van der Waals surface area contributed by atoms with Gasteiger partial charge in [-0.15, -0.1) is 0 Å². The zero-order valence-electron chi connectivity index (χ0n) is 18.0. The van der Waals surface area contributed by atoms with Gasteiger partial charge in [-0.2, -0.15) is 0 Å². The molecule has 0 amide bonds. The molecule has 0 bridgehead atoms. The van der Waals surface area contributed by atoms with Gasteiger partial charge in [0.25, 0.3) is 0 Å². The highest BCUT2D eigenvalue weighted by atomic mass is 19.2. The van der Waals surface area contributed by atoms with Gasteiger partial charge < -0.3 is 24.3 Å². The van der Waals surface area contributed by atoms with Crippen LogP contribution in [0.15, 0.2) is 30.7 Å². The van der Waals surface area contributed by atoms with E-state index in [0.29, 0.717) is 17.5 Å². The first kappa shape index (κ1) is 15.4. The summed E-state index contributed by atoms with van der Waals surface area (Å²) in [6.07, 6.45) is -3.00. The maximum atomic E-state index is 13.9. The highest BCUT2D eigenvalue weighted by molar-refractivity contribution is 5.78. The van der Waals surface area contributed by atoms with Crippen LogP contribution in [0, 0.1) is 18.5 Å². The molecule has 0 aliphatic carbocycles. The van der Waals surface area contributed by atoms with Crippen LogP contribution in [0.3, 0.4) is 0 Å². The van der Waals surface area contributed by atoms with Gasteiger partial charge in [-0.05, 0) is 42.6 Å². The van der Waals surface area contributed by atoms with Gasteiger partial charge in [-0.25, -0.2) is 18.7 Å². The van der Waals surface area contributed by atoms with Gasteiger partial charge in [-0.1, -0.05) is 0 Å². The topological polar surface area (TPSA) is 89.6 Å². The Hall–Kier alpha value is -2.46. The van der Waals surface area contributed by atoms with Crippen molar-refractivity contribution in [1.82, 2.24) is 14.5 Å². The quantitative estimate of drug-likeness (QED) is 0.676. The summed E-state index contributed by atoms with van der Waals surface area (Å²) in [6, 6.07) is 3.62. The number of aromatic nitrogens is 3. The maximum absolute atomic E-state index is 13.9. The summed E-state index contributed by atoms with van der Waals surface area (Å²) in [6.45, 7) is -2.26. The molecule has 4 heterocycles. The molecule has 29 heavy (non-hydrogen) atoms. The van der Waals surface area contributed by atoms with E-state index in [2.05, 4.69) is 9.97 Å². The van der Waals surface area contributed by atoms with Crippen molar-refractivity contribution in [3.8, 4) is 0 Å². The molecule has 2 aliphatic heterocycles. The number of rotatable bonds is 2. The lowest BCUT2D eigenvalue weighted by Crippen LogP contribution is -2.37. The molecule has 0 spiro atoms. The van der Waals surface area contributed by atoms with E-state index in [4.69, 9.17) is 13.6 Å². The number of fused-ring (bicyclic) bond motifs is 2. The van der Waals surface area contributed by atoms with Crippen LogP contribution in [-0.2, 0) is 15.9 Å². The van der Waals surface area contributed by atoms with Crippen molar-refractivity contribution in [2.45, 2.75) is 43.9 Å². The molecule has 7 nitrogen and oxygen atoms in total. The second-order valence-corrected chi connectivity index (χ2v) is 7.16. The van der Waals surface area contributed by atoms with E-state index >= 15 is 0 Å². The Morgan fingerprint density at radius 1 is 1.21 bits per heavy atom. The van der Waals surface area contributed by atoms with Crippen molar-refractivity contribution in [3.05, 3.63) is 59.2 Å². The molecule has 9 heteroatoms. The van der Waals surface area contributed by atoms with E-state index in [1.807, 2.05) is 0 Å². The fraction of sp³-hybridized carbons (Fsp3) is 0.400. The first-order chi connectivity index (χ1) is 15.2. The Bertz CT molecular complexity index is 1190. The van der Waals surface area contributed by atoms with Crippen LogP contribution in [0.5, 0.6) is 0 Å². The molecule has 0 radical (unpaired) electrons. The lowest BCUT2D eigenvalue weighted by molar-refractivity contribution is -0.113. The van der Waals surface area contributed by atoms with Crippen LogP contribution in [-0.4, -0.2) is 49.7 Å². The van der Waals surface area contributed by atoms with Crippen molar-refractivity contribution in [1.29, 1.82) is 0 Å². The van der Waals surface area contributed by atoms with Crippen molar-refractivity contribution < 1.29 is 32.6 Å². The minimum Gasteiger partial charge on any atom is -0.387 e. The Balaban J connectivity index is 1.51. The number of aliphatic hydroxyl groups excluding tert-OH is 2. The summed E-state index contributed by atoms with van der Waals surface area (Å²) in [4.78, 5) is 7.98. The first-order valence-electron chi connectivity index (χ1n) is 10.6. The molecule has 5 rings (SSSR count). The lowest BCUT2D eigenvalue weighted by Gasteiger charge is -2.31. The van der Waals surface area contributed by atoms with Crippen LogP contribution in [0.1, 0.15) is 33.3 Å². The van der Waals surface area contributed by atoms with Gasteiger partial charge in [0.1, 0.15) is 36.4 Å². The van der Waals surface area contributed by atoms with Crippen LogP contribution in [0.4, 0.5) is 8.78 Å². The molecular formula is C20H19F2N3O4. The molecular weight excluding hydrogens is 384 g/mol. The van der Waals surface area contributed by atoms with Gasteiger partial charge in [-0.3, -0.25) is 0 Å². The molecule has 1 aromatic carbocycles. The number of benzene rings is 1. The lowest BCUT2D eigenvalue weighted by atomic mass is 9.91. The van der Waals surface area contributed by atoms with E-state index in [0.717, 1.165) is 18.5 Å². The van der Waals surface area contributed by atoms with E-state index in [-0.39, 0.29) is 23.3 Å². The molecule has 1 unspecified atom stereocenters. The molecule has 0 saturated carbocycles. The molecule has 2 aliphatic rings. The summed E-state index contributed by atoms with van der Waals surface area (Å²) >= 11 is 0. The largest absolute Gasteiger partial charge is 0.387 e. The number of hydrogen-bond donors (Lipinski definition) is 2. The van der Waals surface area contributed by atoms with Crippen molar-refractivity contribution >= 4 is 11.0 Å². The minimum atomic E-state index is -2.47. The predicted octanol–water partition coefficient (Wildman–Crippen LogP) is 1.95. The monoisotopic (exact) mass is 406 g/mol. The van der Waals surface area contributed by atoms with Crippen molar-refractivity contribution in [2.24, 2.45) is 0 Å². The molecule has 1 saturated heterocycles. The third-order valence-corrected chi connectivity index (χ3v) is 5.51. The maximum Gasteiger partial charge on any atom is 0.164 e. The third-order valence-electron chi connectivity index (χ3n) is 5.51. The summed E-state index contributed by atoms with van der Waals surface area (Å²) in [5.74, 6) is -2.02.